The van der Waals surface area contributed by atoms with Gasteiger partial charge in [-0.1, -0.05) is 116 Å². The molecule has 1 heterocycles. The maximum absolute atomic E-state index is 11.9. The quantitative estimate of drug-likeness (QED) is 0.357. The zero-order chi connectivity index (χ0) is 26.5. The van der Waals surface area contributed by atoms with Gasteiger partial charge in [0.15, 0.2) is 0 Å². The molecule has 0 amide bonds. The standard InChI is InChI=1S/C33H42NOP/c1-22-20-23(2)28(24(3)21-22)34-30-33(31(4,5)6,18-19-36(30)32(7,8)9)27-17-13-16-26(29(27)35)25-14-11-10-12-15-25/h10-17,20-21,35H,18-19H2,1-9H3. The molecule has 3 aromatic rings. The van der Waals surface area contributed by atoms with Gasteiger partial charge in [0.25, 0.3) is 0 Å². The summed E-state index contributed by atoms with van der Waals surface area (Å²) < 4.78 is 0. The van der Waals surface area contributed by atoms with Crippen molar-refractivity contribution in [2.75, 3.05) is 6.16 Å². The SMILES string of the molecule is Cc1cc(C)c(N=C2P(C(C)(C)C)CCC2(c2cccc(-c3ccccc3)c2O)C(C)(C)C)c(C)c1. The van der Waals surface area contributed by atoms with Gasteiger partial charge in [-0.25, -0.2) is 0 Å². The highest BCUT2D eigenvalue weighted by Crippen LogP contribution is 2.68. The van der Waals surface area contributed by atoms with Gasteiger partial charge in [-0.3, -0.25) is 4.99 Å². The molecule has 1 aliphatic rings. The summed E-state index contributed by atoms with van der Waals surface area (Å²) in [7, 11) is -0.519. The zero-order valence-corrected chi connectivity index (χ0v) is 24.4. The van der Waals surface area contributed by atoms with Crippen LogP contribution in [0.15, 0.2) is 65.7 Å². The molecule has 4 rings (SSSR count). The first-order valence-corrected chi connectivity index (χ1v) is 14.6. The molecule has 0 radical (unpaired) electrons. The predicted octanol–water partition coefficient (Wildman–Crippen LogP) is 9.68. The molecule has 0 aromatic heterocycles. The van der Waals surface area contributed by atoms with Crippen LogP contribution < -0.4 is 0 Å². The molecule has 3 heteroatoms. The van der Waals surface area contributed by atoms with E-state index in [2.05, 4.69) is 98.7 Å². The molecule has 2 atom stereocenters. The molecule has 0 bridgehead atoms. The van der Waals surface area contributed by atoms with Crippen molar-refractivity contribution < 1.29 is 5.11 Å². The van der Waals surface area contributed by atoms with Crippen LogP contribution in [-0.2, 0) is 5.41 Å². The summed E-state index contributed by atoms with van der Waals surface area (Å²) in [5.74, 6) is 0.398. The molecule has 36 heavy (non-hydrogen) atoms. The summed E-state index contributed by atoms with van der Waals surface area (Å²) in [6.45, 7) is 20.6. The minimum atomic E-state index is -0.519. The molecule has 1 N–H and O–H groups in total. The Morgan fingerprint density at radius 2 is 1.44 bits per heavy atom. The van der Waals surface area contributed by atoms with Crippen LogP contribution in [0.25, 0.3) is 11.1 Å². The molecule has 190 valence electrons. The highest BCUT2D eigenvalue weighted by molar-refractivity contribution is 7.77. The van der Waals surface area contributed by atoms with Gasteiger partial charge in [-0.15, -0.1) is 0 Å². The lowest BCUT2D eigenvalue weighted by Crippen LogP contribution is -2.44. The molecule has 2 nitrogen and oxygen atoms in total. The van der Waals surface area contributed by atoms with Crippen LogP contribution in [0.5, 0.6) is 5.75 Å². The molecular formula is C33H42NOP. The Kier molecular flexibility index (Phi) is 6.99. The van der Waals surface area contributed by atoms with Gasteiger partial charge in [-0.2, -0.15) is 0 Å². The Morgan fingerprint density at radius 3 is 2.00 bits per heavy atom. The number of phenolic OH excluding ortho intramolecular Hbond substituents is 1. The van der Waals surface area contributed by atoms with E-state index < -0.39 is 7.92 Å². The van der Waals surface area contributed by atoms with Crippen LogP contribution in [0.3, 0.4) is 0 Å². The van der Waals surface area contributed by atoms with Crippen LogP contribution in [0.2, 0.25) is 0 Å². The number of benzene rings is 3. The lowest BCUT2D eigenvalue weighted by atomic mass is 9.61. The maximum atomic E-state index is 11.9. The van der Waals surface area contributed by atoms with Crippen LogP contribution in [0, 0.1) is 26.2 Å². The van der Waals surface area contributed by atoms with Crippen molar-refractivity contribution in [3.05, 3.63) is 82.9 Å². The number of aliphatic imine (C=N–C) groups is 1. The average molecular weight is 500 g/mol. The van der Waals surface area contributed by atoms with Gasteiger partial charge in [0.2, 0.25) is 0 Å². The smallest absolute Gasteiger partial charge is 0.127 e. The summed E-state index contributed by atoms with van der Waals surface area (Å²) >= 11 is 0. The number of hydrogen-bond donors (Lipinski definition) is 1. The van der Waals surface area contributed by atoms with Crippen molar-refractivity contribution in [2.45, 2.75) is 79.3 Å². The van der Waals surface area contributed by atoms with Crippen molar-refractivity contribution in [2.24, 2.45) is 10.4 Å². The Labute approximate surface area is 219 Å². The van der Waals surface area contributed by atoms with Gasteiger partial charge < -0.3 is 5.11 Å². The van der Waals surface area contributed by atoms with E-state index in [9.17, 15) is 5.11 Å². The van der Waals surface area contributed by atoms with Gasteiger partial charge >= 0.3 is 0 Å². The van der Waals surface area contributed by atoms with E-state index in [4.69, 9.17) is 4.99 Å². The highest BCUT2D eigenvalue weighted by atomic mass is 31.1. The van der Waals surface area contributed by atoms with Crippen LogP contribution in [0.4, 0.5) is 5.69 Å². The zero-order valence-electron chi connectivity index (χ0n) is 23.5. The number of aryl methyl sites for hydroxylation is 3. The third-order valence-corrected chi connectivity index (χ3v) is 11.2. The Hall–Kier alpha value is -2.44. The third kappa shape index (κ3) is 4.54. The van der Waals surface area contributed by atoms with Crippen LogP contribution in [-0.4, -0.2) is 21.9 Å². The highest BCUT2D eigenvalue weighted by Gasteiger charge is 2.57. The lowest BCUT2D eigenvalue weighted by Gasteiger charge is -2.45. The minimum absolute atomic E-state index is 0.125. The van der Waals surface area contributed by atoms with E-state index in [1.807, 2.05) is 24.3 Å². The largest absolute Gasteiger partial charge is 0.507 e. The fourth-order valence-electron chi connectivity index (χ4n) is 6.10. The molecule has 2 unspecified atom stereocenters. The molecule has 0 saturated carbocycles. The van der Waals surface area contributed by atoms with Crippen LogP contribution in [0.1, 0.15) is 70.2 Å². The summed E-state index contributed by atoms with van der Waals surface area (Å²) in [6.07, 6.45) is 2.11. The molecule has 0 spiro atoms. The van der Waals surface area contributed by atoms with Gasteiger partial charge in [-0.05, 0) is 60.6 Å². The fraction of sp³-hybridized carbons (Fsp3) is 0.424. The van der Waals surface area contributed by atoms with E-state index in [1.165, 1.54) is 22.1 Å². The van der Waals surface area contributed by atoms with Gasteiger partial charge in [0.05, 0.1) is 11.1 Å². The lowest BCUT2D eigenvalue weighted by molar-refractivity contribution is 0.253. The van der Waals surface area contributed by atoms with Crippen molar-refractivity contribution in [3.63, 3.8) is 0 Å². The molecule has 3 aromatic carbocycles. The molecule has 1 fully saturated rings. The van der Waals surface area contributed by atoms with E-state index in [-0.39, 0.29) is 16.0 Å². The normalized spacial score (nSPS) is 21.8. The number of para-hydroxylation sites is 1. The van der Waals surface area contributed by atoms with E-state index in [1.54, 1.807) is 0 Å². The fourth-order valence-corrected chi connectivity index (χ4v) is 9.43. The number of phenols is 1. The predicted molar refractivity (Wildman–Crippen MR) is 159 cm³/mol. The molecular weight excluding hydrogens is 457 g/mol. The Morgan fingerprint density at radius 1 is 0.833 bits per heavy atom. The van der Waals surface area contributed by atoms with Gasteiger partial charge in [0.1, 0.15) is 5.75 Å². The number of aromatic hydroxyl groups is 1. The second kappa shape index (κ2) is 9.46. The minimum Gasteiger partial charge on any atom is -0.507 e. The second-order valence-corrected chi connectivity index (χ2v) is 15.5. The summed E-state index contributed by atoms with van der Waals surface area (Å²) in [4.78, 5) is 5.62. The third-order valence-electron chi connectivity index (χ3n) is 7.87. The Bertz CT molecular complexity index is 1270. The maximum Gasteiger partial charge on any atom is 0.127 e. The summed E-state index contributed by atoms with van der Waals surface area (Å²) in [5, 5.41) is 12.0. The van der Waals surface area contributed by atoms with Crippen molar-refractivity contribution in [3.8, 4) is 16.9 Å². The number of hydrogen-bond acceptors (Lipinski definition) is 2. The van der Waals surface area contributed by atoms with Gasteiger partial charge in [0, 0.05) is 16.5 Å². The second-order valence-electron chi connectivity index (χ2n) is 12.5. The summed E-state index contributed by atoms with van der Waals surface area (Å²) in [5.41, 5.74) is 8.57. The monoisotopic (exact) mass is 499 g/mol. The summed E-state index contributed by atoms with van der Waals surface area (Å²) in [6, 6.07) is 21.0. The van der Waals surface area contributed by atoms with Crippen molar-refractivity contribution >= 4 is 19.1 Å². The van der Waals surface area contributed by atoms with E-state index in [0.717, 1.165) is 35.0 Å². The van der Waals surface area contributed by atoms with Crippen LogP contribution >= 0.6 is 7.92 Å². The average Bonchev–Trinajstić information content (AvgIpc) is 3.17. The molecule has 1 saturated heterocycles. The van der Waals surface area contributed by atoms with Crippen molar-refractivity contribution in [1.82, 2.24) is 0 Å². The molecule has 0 aliphatic carbocycles. The van der Waals surface area contributed by atoms with Crippen molar-refractivity contribution in [1.29, 1.82) is 0 Å². The first-order valence-electron chi connectivity index (χ1n) is 13.1. The topological polar surface area (TPSA) is 32.6 Å². The van der Waals surface area contributed by atoms with E-state index >= 15 is 0 Å². The molecule has 1 aliphatic heterocycles. The van der Waals surface area contributed by atoms with E-state index in [0.29, 0.717) is 5.75 Å². The first kappa shape index (κ1) is 26.6. The number of rotatable bonds is 3. The first-order chi connectivity index (χ1) is 16.8. The number of nitrogens with zero attached hydrogens (tertiary/aromatic N) is 1. The Balaban J connectivity index is 2.06.